The molecule has 3 heteroatoms. The average molecular weight is 224 g/mol. The van der Waals surface area contributed by atoms with Crippen LogP contribution in [0.3, 0.4) is 0 Å². The van der Waals surface area contributed by atoms with Gasteiger partial charge in [-0.3, -0.25) is 4.79 Å². The second-order valence-corrected chi connectivity index (χ2v) is 5.52. The minimum atomic E-state index is 0.214. The van der Waals surface area contributed by atoms with Crippen LogP contribution in [-0.4, -0.2) is 25.0 Å². The topological polar surface area (TPSA) is 41.1 Å². The Balaban J connectivity index is 1.77. The molecule has 1 saturated carbocycles. The van der Waals surface area contributed by atoms with E-state index in [1.807, 2.05) is 0 Å². The Morgan fingerprint density at radius 1 is 1.25 bits per heavy atom. The van der Waals surface area contributed by atoms with Gasteiger partial charge in [0, 0.05) is 12.6 Å². The first-order valence-corrected chi connectivity index (χ1v) is 6.77. The van der Waals surface area contributed by atoms with E-state index >= 15 is 0 Å². The molecule has 1 aliphatic heterocycles. The molecule has 2 fully saturated rings. The second-order valence-electron chi connectivity index (χ2n) is 5.52. The third-order valence-electron chi connectivity index (χ3n) is 3.95. The van der Waals surface area contributed by atoms with Crippen LogP contribution in [0, 0.1) is 11.8 Å². The molecule has 1 aliphatic carbocycles. The van der Waals surface area contributed by atoms with Gasteiger partial charge in [-0.15, -0.1) is 0 Å². The monoisotopic (exact) mass is 224 g/mol. The molecule has 1 amide bonds. The number of amides is 1. The number of hydrogen-bond donors (Lipinski definition) is 2. The maximum Gasteiger partial charge on any atom is 0.224 e. The van der Waals surface area contributed by atoms with Crippen LogP contribution in [0.2, 0.25) is 0 Å². The molecule has 2 rings (SSSR count). The quantitative estimate of drug-likeness (QED) is 0.749. The lowest BCUT2D eigenvalue weighted by atomic mass is 9.86. The Kier molecular flexibility index (Phi) is 4.22. The Hall–Kier alpha value is -0.570. The lowest BCUT2D eigenvalue weighted by molar-refractivity contribution is -0.126. The normalized spacial score (nSPS) is 35.7. The molecule has 92 valence electrons. The number of carbonyl (C=O) groups is 1. The van der Waals surface area contributed by atoms with Gasteiger partial charge in [0.25, 0.3) is 0 Å². The zero-order valence-electron chi connectivity index (χ0n) is 10.3. The minimum Gasteiger partial charge on any atom is -0.353 e. The fourth-order valence-corrected chi connectivity index (χ4v) is 2.96. The van der Waals surface area contributed by atoms with E-state index in [-0.39, 0.29) is 11.8 Å². The number of hydrogen-bond acceptors (Lipinski definition) is 2. The molecule has 1 heterocycles. The van der Waals surface area contributed by atoms with Crippen molar-refractivity contribution in [1.29, 1.82) is 0 Å². The van der Waals surface area contributed by atoms with Crippen LogP contribution in [0.5, 0.6) is 0 Å². The van der Waals surface area contributed by atoms with Gasteiger partial charge in [-0.25, -0.2) is 0 Å². The van der Waals surface area contributed by atoms with Gasteiger partial charge in [-0.1, -0.05) is 19.8 Å². The van der Waals surface area contributed by atoms with E-state index in [2.05, 4.69) is 17.6 Å². The van der Waals surface area contributed by atoms with Crippen molar-refractivity contribution in [2.24, 2.45) is 11.8 Å². The van der Waals surface area contributed by atoms with Crippen molar-refractivity contribution in [1.82, 2.24) is 10.6 Å². The number of carbonyl (C=O) groups excluding carboxylic acids is 1. The third kappa shape index (κ3) is 3.21. The molecule has 0 bridgehead atoms. The van der Waals surface area contributed by atoms with Crippen molar-refractivity contribution < 1.29 is 4.79 Å². The first-order valence-electron chi connectivity index (χ1n) is 6.77. The van der Waals surface area contributed by atoms with E-state index in [0.29, 0.717) is 6.04 Å². The van der Waals surface area contributed by atoms with E-state index in [1.165, 1.54) is 25.7 Å². The number of nitrogens with one attached hydrogen (secondary N) is 2. The molecule has 3 atom stereocenters. The first kappa shape index (κ1) is 11.9. The van der Waals surface area contributed by atoms with Crippen LogP contribution < -0.4 is 10.6 Å². The average Bonchev–Trinajstić information content (AvgIpc) is 2.30. The molecule has 2 N–H and O–H groups in total. The van der Waals surface area contributed by atoms with Gasteiger partial charge in [-0.2, -0.15) is 0 Å². The van der Waals surface area contributed by atoms with Gasteiger partial charge in [0.05, 0.1) is 5.92 Å². The second kappa shape index (κ2) is 5.67. The Morgan fingerprint density at radius 2 is 2.12 bits per heavy atom. The van der Waals surface area contributed by atoms with Crippen molar-refractivity contribution in [3.8, 4) is 0 Å². The first-order chi connectivity index (χ1) is 7.75. The molecule has 0 aromatic rings. The summed E-state index contributed by atoms with van der Waals surface area (Å²) in [6, 6.07) is 0.443. The number of piperidine rings is 1. The smallest absolute Gasteiger partial charge is 0.224 e. The summed E-state index contributed by atoms with van der Waals surface area (Å²) in [5.74, 6) is 1.28. The van der Waals surface area contributed by atoms with E-state index in [1.54, 1.807) is 0 Å². The predicted octanol–water partition coefficient (Wildman–Crippen LogP) is 1.68. The lowest BCUT2D eigenvalue weighted by Crippen LogP contribution is -2.45. The Labute approximate surface area is 98.4 Å². The molecule has 1 saturated heterocycles. The van der Waals surface area contributed by atoms with Crippen LogP contribution in [0.25, 0.3) is 0 Å². The highest BCUT2D eigenvalue weighted by molar-refractivity contribution is 5.79. The van der Waals surface area contributed by atoms with Gasteiger partial charge < -0.3 is 10.6 Å². The fraction of sp³-hybridized carbons (Fsp3) is 0.923. The summed E-state index contributed by atoms with van der Waals surface area (Å²) in [5.41, 5.74) is 0. The van der Waals surface area contributed by atoms with Gasteiger partial charge in [0.2, 0.25) is 5.91 Å². The highest BCUT2D eigenvalue weighted by Gasteiger charge is 2.25. The van der Waals surface area contributed by atoms with Crippen LogP contribution in [0.15, 0.2) is 0 Å². The summed E-state index contributed by atoms with van der Waals surface area (Å²) >= 11 is 0. The lowest BCUT2D eigenvalue weighted by Gasteiger charge is -2.30. The highest BCUT2D eigenvalue weighted by atomic mass is 16.2. The molecule has 2 unspecified atom stereocenters. The van der Waals surface area contributed by atoms with Crippen molar-refractivity contribution in [2.75, 3.05) is 13.1 Å². The van der Waals surface area contributed by atoms with Crippen LogP contribution >= 0.6 is 0 Å². The van der Waals surface area contributed by atoms with Gasteiger partial charge in [-0.05, 0) is 38.1 Å². The highest BCUT2D eigenvalue weighted by Crippen LogP contribution is 2.24. The molecular weight excluding hydrogens is 200 g/mol. The minimum absolute atomic E-state index is 0.214. The fourth-order valence-electron chi connectivity index (χ4n) is 2.96. The third-order valence-corrected chi connectivity index (χ3v) is 3.95. The van der Waals surface area contributed by atoms with E-state index in [0.717, 1.165) is 31.8 Å². The van der Waals surface area contributed by atoms with Gasteiger partial charge >= 0.3 is 0 Å². The summed E-state index contributed by atoms with van der Waals surface area (Å²) in [6.07, 6.45) is 7.15. The summed E-state index contributed by atoms with van der Waals surface area (Å²) in [5, 5.41) is 6.54. The molecule has 0 aromatic heterocycles. The SMILES string of the molecule is CC1CCCC(NC(=O)[C@@H]2CCCNC2)C1. The summed E-state index contributed by atoms with van der Waals surface area (Å²) < 4.78 is 0. The molecule has 0 aromatic carbocycles. The van der Waals surface area contributed by atoms with Crippen molar-refractivity contribution in [3.05, 3.63) is 0 Å². The maximum atomic E-state index is 12.0. The largest absolute Gasteiger partial charge is 0.353 e. The van der Waals surface area contributed by atoms with Crippen LogP contribution in [0.1, 0.15) is 45.4 Å². The molecule has 2 aliphatic rings. The van der Waals surface area contributed by atoms with Crippen molar-refractivity contribution in [3.63, 3.8) is 0 Å². The summed E-state index contributed by atoms with van der Waals surface area (Å²) in [6.45, 7) is 4.23. The molecule has 3 nitrogen and oxygen atoms in total. The zero-order chi connectivity index (χ0) is 11.4. The maximum absolute atomic E-state index is 12.0. The number of rotatable bonds is 2. The standard InChI is InChI=1S/C13H24N2O/c1-10-4-2-6-12(8-10)15-13(16)11-5-3-7-14-9-11/h10-12,14H,2-9H2,1H3,(H,15,16)/t10?,11-,12?/m1/s1. The van der Waals surface area contributed by atoms with E-state index in [4.69, 9.17) is 0 Å². The molecule has 16 heavy (non-hydrogen) atoms. The zero-order valence-corrected chi connectivity index (χ0v) is 10.3. The summed E-state index contributed by atoms with van der Waals surface area (Å²) in [4.78, 5) is 12.0. The van der Waals surface area contributed by atoms with Crippen molar-refractivity contribution in [2.45, 2.75) is 51.5 Å². The molecule has 0 radical (unpaired) electrons. The van der Waals surface area contributed by atoms with Gasteiger partial charge in [0.15, 0.2) is 0 Å². The van der Waals surface area contributed by atoms with Crippen LogP contribution in [-0.2, 0) is 4.79 Å². The van der Waals surface area contributed by atoms with Gasteiger partial charge in [0.1, 0.15) is 0 Å². The molecular formula is C13H24N2O. The van der Waals surface area contributed by atoms with Crippen molar-refractivity contribution >= 4 is 5.91 Å². The summed E-state index contributed by atoms with van der Waals surface area (Å²) in [7, 11) is 0. The Bertz CT molecular complexity index is 236. The molecule has 0 spiro atoms. The van der Waals surface area contributed by atoms with Crippen LogP contribution in [0.4, 0.5) is 0 Å². The van der Waals surface area contributed by atoms with E-state index < -0.39 is 0 Å². The van der Waals surface area contributed by atoms with E-state index in [9.17, 15) is 4.79 Å². The predicted molar refractivity (Wildman–Crippen MR) is 65.2 cm³/mol. The Morgan fingerprint density at radius 3 is 2.81 bits per heavy atom.